The smallest absolute Gasteiger partial charge is 0.376 e. The summed E-state index contributed by atoms with van der Waals surface area (Å²) in [4.78, 5) is 0.0988. The predicted octanol–water partition coefficient (Wildman–Crippen LogP) is 3.98. The Labute approximate surface area is 93.0 Å². The quantitative estimate of drug-likeness (QED) is 0.647. The Morgan fingerprint density at radius 3 is 2.38 bits per heavy atom. The van der Waals surface area contributed by atoms with E-state index in [9.17, 15) is 22.0 Å². The molecule has 0 unspecified atom stereocenters. The van der Waals surface area contributed by atoms with Crippen molar-refractivity contribution in [2.24, 2.45) is 0 Å². The van der Waals surface area contributed by atoms with Crippen molar-refractivity contribution in [3.63, 3.8) is 0 Å². The SMILES string of the molecule is FC(F)Sc1ccccc1NCC(F)(F)F. The molecule has 0 aliphatic rings. The third-order valence-corrected chi connectivity index (χ3v) is 2.37. The summed E-state index contributed by atoms with van der Waals surface area (Å²) in [6.07, 6.45) is -4.37. The predicted molar refractivity (Wildman–Crippen MR) is 52.8 cm³/mol. The Kier molecular flexibility index (Phi) is 4.40. The summed E-state index contributed by atoms with van der Waals surface area (Å²) >= 11 is 0.212. The molecule has 0 aliphatic carbocycles. The van der Waals surface area contributed by atoms with Crippen molar-refractivity contribution >= 4 is 17.4 Å². The first-order valence-electron chi connectivity index (χ1n) is 4.23. The number of hydrogen-bond acceptors (Lipinski definition) is 2. The molecule has 0 radical (unpaired) electrons. The lowest BCUT2D eigenvalue weighted by Crippen LogP contribution is -2.21. The number of anilines is 1. The minimum atomic E-state index is -4.37. The lowest BCUT2D eigenvalue weighted by Gasteiger charge is -2.12. The number of hydrogen-bond donors (Lipinski definition) is 1. The Morgan fingerprint density at radius 2 is 1.81 bits per heavy atom. The summed E-state index contributed by atoms with van der Waals surface area (Å²) in [6.45, 7) is -1.24. The number of nitrogens with one attached hydrogen (secondary N) is 1. The van der Waals surface area contributed by atoms with Gasteiger partial charge in [-0.15, -0.1) is 0 Å². The maximum absolute atomic E-state index is 12.1. The zero-order valence-electron chi connectivity index (χ0n) is 7.89. The molecule has 0 saturated carbocycles. The van der Waals surface area contributed by atoms with Gasteiger partial charge in [0, 0.05) is 10.6 Å². The second kappa shape index (κ2) is 5.38. The highest BCUT2D eigenvalue weighted by atomic mass is 32.2. The molecule has 0 saturated heterocycles. The number of halogens is 5. The van der Waals surface area contributed by atoms with Crippen molar-refractivity contribution in [1.82, 2.24) is 0 Å². The van der Waals surface area contributed by atoms with E-state index in [2.05, 4.69) is 5.32 Å². The second-order valence-electron chi connectivity index (χ2n) is 2.84. The zero-order valence-corrected chi connectivity index (χ0v) is 8.71. The average molecular weight is 257 g/mol. The summed E-state index contributed by atoms with van der Waals surface area (Å²) in [5.74, 6) is -2.66. The van der Waals surface area contributed by atoms with Crippen molar-refractivity contribution < 1.29 is 22.0 Å². The minimum absolute atomic E-state index is 0.0603. The van der Waals surface area contributed by atoms with Gasteiger partial charge in [0.05, 0.1) is 0 Å². The van der Waals surface area contributed by atoms with Crippen molar-refractivity contribution in [2.45, 2.75) is 16.8 Å². The molecule has 1 rings (SSSR count). The minimum Gasteiger partial charge on any atom is -0.376 e. The molecule has 1 aromatic carbocycles. The molecule has 0 spiro atoms. The molecule has 0 atom stereocenters. The van der Waals surface area contributed by atoms with Gasteiger partial charge in [-0.1, -0.05) is 23.9 Å². The second-order valence-corrected chi connectivity index (χ2v) is 3.88. The first-order chi connectivity index (χ1) is 7.38. The van der Waals surface area contributed by atoms with Gasteiger partial charge in [0.2, 0.25) is 0 Å². The van der Waals surface area contributed by atoms with E-state index in [0.717, 1.165) is 0 Å². The van der Waals surface area contributed by atoms with Crippen molar-refractivity contribution in [3.05, 3.63) is 24.3 Å². The summed E-state index contributed by atoms with van der Waals surface area (Å²) in [6, 6.07) is 5.64. The fourth-order valence-corrected chi connectivity index (χ4v) is 1.62. The molecule has 0 fully saturated rings. The monoisotopic (exact) mass is 257 g/mol. The molecule has 0 bridgehead atoms. The van der Waals surface area contributed by atoms with Gasteiger partial charge in [-0.25, -0.2) is 0 Å². The van der Waals surface area contributed by atoms with E-state index in [1.54, 1.807) is 0 Å². The highest BCUT2D eigenvalue weighted by Crippen LogP contribution is 2.32. The topological polar surface area (TPSA) is 12.0 Å². The van der Waals surface area contributed by atoms with Gasteiger partial charge >= 0.3 is 6.18 Å². The van der Waals surface area contributed by atoms with Crippen LogP contribution in [0.25, 0.3) is 0 Å². The fourth-order valence-electron chi connectivity index (χ4n) is 1.01. The number of benzene rings is 1. The molecule has 0 heterocycles. The standard InChI is InChI=1S/C9H8F5NS/c10-8(11)16-7-4-2-1-3-6(7)15-5-9(12,13)14/h1-4,8,15H,5H2. The van der Waals surface area contributed by atoms with Gasteiger partial charge in [0.15, 0.2) is 0 Å². The fraction of sp³-hybridized carbons (Fsp3) is 0.333. The van der Waals surface area contributed by atoms with E-state index >= 15 is 0 Å². The van der Waals surface area contributed by atoms with Crippen LogP contribution in [0.2, 0.25) is 0 Å². The highest BCUT2D eigenvalue weighted by molar-refractivity contribution is 7.99. The molecule has 0 amide bonds. The first-order valence-corrected chi connectivity index (χ1v) is 5.11. The number of alkyl halides is 5. The van der Waals surface area contributed by atoms with Crippen LogP contribution in [0.15, 0.2) is 29.2 Å². The molecule has 1 N–H and O–H groups in total. The summed E-state index contributed by atoms with van der Waals surface area (Å²) in [5, 5.41) is 2.08. The maximum atomic E-state index is 12.1. The van der Waals surface area contributed by atoms with Crippen LogP contribution in [0.3, 0.4) is 0 Å². The van der Waals surface area contributed by atoms with Crippen molar-refractivity contribution in [1.29, 1.82) is 0 Å². The van der Waals surface area contributed by atoms with Crippen LogP contribution in [-0.4, -0.2) is 18.5 Å². The van der Waals surface area contributed by atoms with Gasteiger partial charge in [0.1, 0.15) is 6.54 Å². The Balaban J connectivity index is 2.71. The van der Waals surface area contributed by atoms with E-state index in [0.29, 0.717) is 0 Å². The molecule has 1 nitrogen and oxygen atoms in total. The lowest BCUT2D eigenvalue weighted by atomic mass is 10.3. The molecule has 90 valence electrons. The van der Waals surface area contributed by atoms with E-state index in [1.807, 2.05) is 0 Å². The zero-order chi connectivity index (χ0) is 12.2. The largest absolute Gasteiger partial charge is 0.405 e. The molecule has 0 aliphatic heterocycles. The molecule has 0 aromatic heterocycles. The summed E-state index contributed by atoms with van der Waals surface area (Å²) < 4.78 is 59.9. The average Bonchev–Trinajstić information content (AvgIpc) is 2.14. The van der Waals surface area contributed by atoms with E-state index < -0.39 is 18.5 Å². The molecular weight excluding hydrogens is 249 g/mol. The first kappa shape index (κ1) is 13.1. The van der Waals surface area contributed by atoms with Gasteiger partial charge in [-0.3, -0.25) is 0 Å². The molecule has 1 aromatic rings. The van der Waals surface area contributed by atoms with Gasteiger partial charge < -0.3 is 5.32 Å². The van der Waals surface area contributed by atoms with Crippen LogP contribution < -0.4 is 5.32 Å². The third kappa shape index (κ3) is 4.69. The third-order valence-electron chi connectivity index (χ3n) is 1.58. The van der Waals surface area contributed by atoms with Crippen LogP contribution in [0, 0.1) is 0 Å². The number of para-hydroxylation sites is 1. The van der Waals surface area contributed by atoms with Crippen LogP contribution in [0.4, 0.5) is 27.6 Å². The van der Waals surface area contributed by atoms with E-state index in [1.165, 1.54) is 24.3 Å². The number of rotatable bonds is 4. The van der Waals surface area contributed by atoms with Crippen LogP contribution in [-0.2, 0) is 0 Å². The van der Waals surface area contributed by atoms with Crippen molar-refractivity contribution in [2.75, 3.05) is 11.9 Å². The number of thioether (sulfide) groups is 1. The van der Waals surface area contributed by atoms with Crippen LogP contribution >= 0.6 is 11.8 Å². The normalized spacial score (nSPS) is 11.9. The Bertz CT molecular complexity index is 339. The molecule has 16 heavy (non-hydrogen) atoms. The highest BCUT2D eigenvalue weighted by Gasteiger charge is 2.27. The Hall–Kier alpha value is -0.980. The van der Waals surface area contributed by atoms with Gasteiger partial charge in [0.25, 0.3) is 5.76 Å². The summed E-state index contributed by atoms with van der Waals surface area (Å²) in [5.41, 5.74) is 0.0603. The van der Waals surface area contributed by atoms with Crippen LogP contribution in [0.1, 0.15) is 0 Å². The van der Waals surface area contributed by atoms with E-state index in [4.69, 9.17) is 0 Å². The lowest BCUT2D eigenvalue weighted by molar-refractivity contribution is -0.115. The Morgan fingerprint density at radius 1 is 1.19 bits per heavy atom. The van der Waals surface area contributed by atoms with Gasteiger partial charge in [-0.05, 0) is 12.1 Å². The molecule has 7 heteroatoms. The maximum Gasteiger partial charge on any atom is 0.405 e. The summed E-state index contributed by atoms with van der Waals surface area (Å²) in [7, 11) is 0. The molecular formula is C9H8F5NS. The van der Waals surface area contributed by atoms with Gasteiger partial charge in [-0.2, -0.15) is 22.0 Å². The van der Waals surface area contributed by atoms with Crippen molar-refractivity contribution in [3.8, 4) is 0 Å². The van der Waals surface area contributed by atoms with Crippen LogP contribution in [0.5, 0.6) is 0 Å². The van der Waals surface area contributed by atoms with E-state index in [-0.39, 0.29) is 22.3 Å².